The SMILES string of the molecule is CC=CC=CC(=O)N1C[C@@H](O)C[C@H]1C(=O)O. The van der Waals surface area contributed by atoms with Gasteiger partial charge < -0.3 is 15.1 Å². The Balaban J connectivity index is 2.70. The van der Waals surface area contributed by atoms with Crippen LogP contribution < -0.4 is 0 Å². The Hall–Kier alpha value is -1.62. The largest absolute Gasteiger partial charge is 0.480 e. The average molecular weight is 225 g/mol. The van der Waals surface area contributed by atoms with Crippen molar-refractivity contribution in [2.24, 2.45) is 0 Å². The van der Waals surface area contributed by atoms with Gasteiger partial charge in [0.15, 0.2) is 0 Å². The maximum absolute atomic E-state index is 11.6. The van der Waals surface area contributed by atoms with Gasteiger partial charge in [0.05, 0.1) is 6.10 Å². The topological polar surface area (TPSA) is 77.8 Å². The number of carboxylic acids is 1. The Bertz CT molecular complexity index is 335. The first kappa shape index (κ1) is 12.4. The van der Waals surface area contributed by atoms with E-state index < -0.39 is 18.1 Å². The number of nitrogens with zero attached hydrogens (tertiary/aromatic N) is 1. The van der Waals surface area contributed by atoms with Gasteiger partial charge in [-0.25, -0.2) is 4.79 Å². The van der Waals surface area contributed by atoms with Crippen LogP contribution in [-0.2, 0) is 9.59 Å². The number of aliphatic hydroxyl groups excluding tert-OH is 1. The Kier molecular flexibility index (Phi) is 4.25. The summed E-state index contributed by atoms with van der Waals surface area (Å²) >= 11 is 0. The third kappa shape index (κ3) is 2.93. The van der Waals surface area contributed by atoms with Crippen molar-refractivity contribution in [3.05, 3.63) is 24.3 Å². The number of rotatable bonds is 3. The molecule has 1 saturated heterocycles. The molecule has 1 amide bonds. The second kappa shape index (κ2) is 5.46. The highest BCUT2D eigenvalue weighted by atomic mass is 16.4. The van der Waals surface area contributed by atoms with Crippen molar-refractivity contribution in [1.82, 2.24) is 4.90 Å². The molecule has 16 heavy (non-hydrogen) atoms. The third-order valence-electron chi connectivity index (χ3n) is 2.39. The van der Waals surface area contributed by atoms with Crippen LogP contribution in [0.25, 0.3) is 0 Å². The second-order valence-electron chi connectivity index (χ2n) is 3.62. The monoisotopic (exact) mass is 225 g/mol. The minimum absolute atomic E-state index is 0.0793. The number of carbonyl (C=O) groups excluding carboxylic acids is 1. The summed E-state index contributed by atoms with van der Waals surface area (Å²) in [7, 11) is 0. The highest BCUT2D eigenvalue weighted by Gasteiger charge is 2.37. The number of aliphatic carboxylic acids is 1. The second-order valence-corrected chi connectivity index (χ2v) is 3.62. The van der Waals surface area contributed by atoms with Crippen molar-refractivity contribution in [2.75, 3.05) is 6.54 Å². The summed E-state index contributed by atoms with van der Waals surface area (Å²) in [4.78, 5) is 23.6. The maximum Gasteiger partial charge on any atom is 0.326 e. The molecule has 5 heteroatoms. The quantitative estimate of drug-likeness (QED) is 0.530. The predicted octanol–water partition coefficient (Wildman–Crippen LogP) is 0.165. The lowest BCUT2D eigenvalue weighted by molar-refractivity contribution is -0.146. The molecule has 0 aliphatic carbocycles. The summed E-state index contributed by atoms with van der Waals surface area (Å²) < 4.78 is 0. The number of allylic oxidation sites excluding steroid dienone is 3. The van der Waals surface area contributed by atoms with E-state index in [1.807, 2.05) is 6.92 Å². The first-order valence-corrected chi connectivity index (χ1v) is 5.07. The van der Waals surface area contributed by atoms with Gasteiger partial charge in [0.1, 0.15) is 6.04 Å². The molecule has 2 N–H and O–H groups in total. The number of amides is 1. The molecular formula is C11H15NO4. The minimum Gasteiger partial charge on any atom is -0.480 e. The molecule has 5 nitrogen and oxygen atoms in total. The van der Waals surface area contributed by atoms with Crippen molar-refractivity contribution in [3.8, 4) is 0 Å². The highest BCUT2D eigenvalue weighted by Crippen LogP contribution is 2.18. The maximum atomic E-state index is 11.6. The fourth-order valence-electron chi connectivity index (χ4n) is 1.64. The van der Waals surface area contributed by atoms with Crippen LogP contribution in [-0.4, -0.2) is 45.7 Å². The zero-order valence-corrected chi connectivity index (χ0v) is 9.04. The molecule has 0 radical (unpaired) electrons. The van der Waals surface area contributed by atoms with Gasteiger partial charge in [0, 0.05) is 19.0 Å². The number of carbonyl (C=O) groups is 2. The fraction of sp³-hybridized carbons (Fsp3) is 0.455. The number of β-amino-alcohol motifs (C(OH)–C–C–N with tert-alkyl or cyclic N) is 1. The van der Waals surface area contributed by atoms with E-state index in [0.717, 1.165) is 0 Å². The fourth-order valence-corrected chi connectivity index (χ4v) is 1.64. The lowest BCUT2D eigenvalue weighted by Gasteiger charge is -2.18. The molecule has 1 rings (SSSR count). The zero-order chi connectivity index (χ0) is 12.1. The predicted molar refractivity (Wildman–Crippen MR) is 57.7 cm³/mol. The van der Waals surface area contributed by atoms with Crippen LogP contribution in [0.3, 0.4) is 0 Å². The molecule has 0 aromatic heterocycles. The van der Waals surface area contributed by atoms with E-state index in [1.54, 1.807) is 18.2 Å². The molecule has 0 aromatic rings. The lowest BCUT2D eigenvalue weighted by Crippen LogP contribution is -2.39. The van der Waals surface area contributed by atoms with E-state index >= 15 is 0 Å². The van der Waals surface area contributed by atoms with Gasteiger partial charge in [-0.3, -0.25) is 4.79 Å². The van der Waals surface area contributed by atoms with Crippen LogP contribution in [0.5, 0.6) is 0 Å². The molecule has 0 spiro atoms. The van der Waals surface area contributed by atoms with Crippen molar-refractivity contribution in [3.63, 3.8) is 0 Å². The number of hydrogen-bond acceptors (Lipinski definition) is 3. The molecule has 0 bridgehead atoms. The van der Waals surface area contributed by atoms with Crippen LogP contribution in [0.2, 0.25) is 0 Å². The van der Waals surface area contributed by atoms with E-state index in [9.17, 15) is 14.7 Å². The normalized spacial score (nSPS) is 25.8. The number of likely N-dealkylation sites (tertiary alicyclic amines) is 1. The van der Waals surface area contributed by atoms with Crippen molar-refractivity contribution in [2.45, 2.75) is 25.5 Å². The van der Waals surface area contributed by atoms with Gasteiger partial charge in [0.25, 0.3) is 0 Å². The summed E-state index contributed by atoms with van der Waals surface area (Å²) in [6.45, 7) is 1.89. The molecule has 1 aliphatic heterocycles. The molecule has 1 aliphatic rings. The van der Waals surface area contributed by atoms with Gasteiger partial charge >= 0.3 is 5.97 Å². The number of carboxylic acid groups (broad SMARTS) is 1. The summed E-state index contributed by atoms with van der Waals surface area (Å²) in [5.74, 6) is -1.47. The van der Waals surface area contributed by atoms with Gasteiger partial charge in [0.2, 0.25) is 5.91 Å². The Labute approximate surface area is 93.7 Å². The van der Waals surface area contributed by atoms with Gasteiger partial charge in [-0.2, -0.15) is 0 Å². The van der Waals surface area contributed by atoms with Crippen LogP contribution in [0.4, 0.5) is 0 Å². The zero-order valence-electron chi connectivity index (χ0n) is 9.04. The molecule has 1 heterocycles. The van der Waals surface area contributed by atoms with Gasteiger partial charge in [-0.05, 0) is 6.92 Å². The number of hydrogen-bond donors (Lipinski definition) is 2. The minimum atomic E-state index is -1.08. The molecule has 0 aromatic carbocycles. The van der Waals surface area contributed by atoms with Crippen LogP contribution >= 0.6 is 0 Å². The summed E-state index contributed by atoms with van der Waals surface area (Å²) in [5.41, 5.74) is 0. The van der Waals surface area contributed by atoms with Crippen molar-refractivity contribution >= 4 is 11.9 Å². The molecule has 0 saturated carbocycles. The molecule has 0 unspecified atom stereocenters. The summed E-state index contributed by atoms with van der Waals surface area (Å²) in [5, 5.41) is 18.2. The van der Waals surface area contributed by atoms with E-state index in [2.05, 4.69) is 0 Å². The van der Waals surface area contributed by atoms with E-state index in [0.29, 0.717) is 0 Å². The Morgan fingerprint density at radius 2 is 2.06 bits per heavy atom. The first-order valence-electron chi connectivity index (χ1n) is 5.07. The van der Waals surface area contributed by atoms with Crippen LogP contribution in [0, 0.1) is 0 Å². The van der Waals surface area contributed by atoms with Gasteiger partial charge in [-0.1, -0.05) is 18.2 Å². The Morgan fingerprint density at radius 3 is 2.62 bits per heavy atom. The molecular weight excluding hydrogens is 210 g/mol. The average Bonchev–Trinajstić information content (AvgIpc) is 2.61. The molecule has 1 fully saturated rings. The molecule has 88 valence electrons. The van der Waals surface area contributed by atoms with E-state index in [4.69, 9.17) is 5.11 Å². The number of aliphatic hydroxyl groups is 1. The molecule has 2 atom stereocenters. The summed E-state index contributed by atoms with van der Waals surface area (Å²) in [6.07, 6.45) is 5.63. The standard InChI is InChI=1S/C11H15NO4/c1-2-3-4-5-10(14)12-7-8(13)6-9(12)11(15)16/h2-5,8-9,13H,6-7H2,1H3,(H,15,16)/t8-,9-/m0/s1. The van der Waals surface area contributed by atoms with Crippen LogP contribution in [0.1, 0.15) is 13.3 Å². The van der Waals surface area contributed by atoms with E-state index in [1.165, 1.54) is 11.0 Å². The Morgan fingerprint density at radius 1 is 1.38 bits per heavy atom. The first-order chi connectivity index (χ1) is 7.56. The lowest BCUT2D eigenvalue weighted by atomic mass is 10.2. The highest BCUT2D eigenvalue weighted by molar-refractivity contribution is 5.91. The van der Waals surface area contributed by atoms with E-state index in [-0.39, 0.29) is 18.9 Å². The summed E-state index contributed by atoms with van der Waals surface area (Å²) in [6, 6.07) is -0.919. The van der Waals surface area contributed by atoms with Crippen LogP contribution in [0.15, 0.2) is 24.3 Å². The van der Waals surface area contributed by atoms with Crippen molar-refractivity contribution < 1.29 is 19.8 Å². The van der Waals surface area contributed by atoms with Gasteiger partial charge in [-0.15, -0.1) is 0 Å². The third-order valence-corrected chi connectivity index (χ3v) is 2.39. The smallest absolute Gasteiger partial charge is 0.326 e. The van der Waals surface area contributed by atoms with Crippen molar-refractivity contribution in [1.29, 1.82) is 0 Å².